The van der Waals surface area contributed by atoms with Gasteiger partial charge in [-0.3, -0.25) is 4.79 Å². The Morgan fingerprint density at radius 3 is 2.21 bits per heavy atom. The lowest BCUT2D eigenvalue weighted by molar-refractivity contribution is -0.141. The Kier molecular flexibility index (Phi) is 6.68. The minimum atomic E-state index is -0.975. The molecule has 0 aliphatic heterocycles. The molecule has 0 aliphatic carbocycles. The number of carboxylic acid groups (broad SMARTS) is 1. The van der Waals surface area contributed by atoms with Crippen molar-refractivity contribution in [2.24, 2.45) is 5.41 Å². The van der Waals surface area contributed by atoms with Crippen molar-refractivity contribution in [2.75, 3.05) is 23.0 Å². The molecule has 0 spiro atoms. The number of anilines is 4. The summed E-state index contributed by atoms with van der Waals surface area (Å²) in [6, 6.07) is 9.39. The molecule has 174 valence electrons. The zero-order chi connectivity index (χ0) is 24.5. The first-order chi connectivity index (χ1) is 15.4. The third kappa shape index (κ3) is 5.11. The maximum atomic E-state index is 14.0. The summed E-state index contributed by atoms with van der Waals surface area (Å²) in [4.78, 5) is 30.1. The van der Waals surface area contributed by atoms with Crippen LogP contribution in [0.1, 0.15) is 36.0 Å². The Labute approximate surface area is 193 Å². The van der Waals surface area contributed by atoms with Gasteiger partial charge in [-0.05, 0) is 41.8 Å². The molecule has 0 saturated carbocycles. The molecule has 1 unspecified atom stereocenters. The number of carbonyl (C=O) groups excluding carboxylic acids is 1. The number of halogens is 2. The predicted molar refractivity (Wildman–Crippen MR) is 125 cm³/mol. The van der Waals surface area contributed by atoms with E-state index in [4.69, 9.17) is 5.73 Å². The van der Waals surface area contributed by atoms with Gasteiger partial charge in [-0.2, -0.15) is 0 Å². The van der Waals surface area contributed by atoms with Crippen LogP contribution >= 0.6 is 11.3 Å². The number of likely N-dealkylation sites (N-methyl/N-ethyl adjacent to an activating group) is 1. The van der Waals surface area contributed by atoms with E-state index in [0.29, 0.717) is 11.4 Å². The number of aromatic nitrogens is 1. The number of carboxylic acids is 1. The second-order valence-electron chi connectivity index (χ2n) is 8.55. The molecule has 10 heteroatoms. The Balaban J connectivity index is 1.80. The molecular weight excluding hydrogens is 450 g/mol. The smallest absolute Gasteiger partial charge is 0.326 e. The molecule has 0 saturated heterocycles. The van der Waals surface area contributed by atoms with E-state index in [9.17, 15) is 23.5 Å². The minimum absolute atomic E-state index is 0.0765. The highest BCUT2D eigenvalue weighted by atomic mass is 32.1. The van der Waals surface area contributed by atoms with E-state index in [2.05, 4.69) is 10.3 Å². The van der Waals surface area contributed by atoms with E-state index in [-0.39, 0.29) is 15.8 Å². The second kappa shape index (κ2) is 9.14. The summed E-state index contributed by atoms with van der Waals surface area (Å²) in [5.74, 6) is -3.89. The first-order valence-electron chi connectivity index (χ1n) is 9.98. The molecule has 33 heavy (non-hydrogen) atoms. The molecule has 3 rings (SSSR count). The van der Waals surface area contributed by atoms with E-state index in [1.165, 1.54) is 6.07 Å². The number of hydrogen-bond acceptors (Lipinski definition) is 7. The second-order valence-corrected chi connectivity index (χ2v) is 9.55. The molecule has 0 fully saturated rings. The SMILES string of the molecule is CN(c1ccc(Nc2nc(N)c(C(=O)c3c(F)cccc3F)s2)cc1)C(C(=O)O)C(C)(C)C. The number of aliphatic carboxylic acids is 1. The fourth-order valence-electron chi connectivity index (χ4n) is 3.55. The highest BCUT2D eigenvalue weighted by Crippen LogP contribution is 2.32. The number of ketones is 1. The van der Waals surface area contributed by atoms with Crippen molar-refractivity contribution < 1.29 is 23.5 Å². The molecule has 4 N–H and O–H groups in total. The van der Waals surface area contributed by atoms with E-state index in [1.807, 2.05) is 20.8 Å². The van der Waals surface area contributed by atoms with E-state index in [0.717, 1.165) is 23.5 Å². The van der Waals surface area contributed by atoms with Crippen LogP contribution < -0.4 is 16.0 Å². The number of nitrogens with zero attached hydrogens (tertiary/aromatic N) is 2. The van der Waals surface area contributed by atoms with Gasteiger partial charge in [0, 0.05) is 18.4 Å². The van der Waals surface area contributed by atoms with Gasteiger partial charge in [-0.25, -0.2) is 18.6 Å². The van der Waals surface area contributed by atoms with Crippen LogP contribution in [-0.4, -0.2) is 34.9 Å². The minimum Gasteiger partial charge on any atom is -0.480 e. The molecule has 1 heterocycles. The standard InChI is InChI=1S/C23H24F2N4O3S/c1-23(2,3)19(21(31)32)29(4)13-10-8-12(9-11-13)27-22-28-20(26)18(33-22)17(30)16-14(24)6-5-7-15(16)25/h5-11,19H,26H2,1-4H3,(H,27,28)(H,31,32). The van der Waals surface area contributed by atoms with Gasteiger partial charge >= 0.3 is 5.97 Å². The van der Waals surface area contributed by atoms with Gasteiger partial charge < -0.3 is 21.1 Å². The fourth-order valence-corrected chi connectivity index (χ4v) is 4.40. The van der Waals surface area contributed by atoms with Crippen molar-refractivity contribution >= 4 is 45.4 Å². The van der Waals surface area contributed by atoms with Crippen LogP contribution in [0.4, 0.5) is 31.1 Å². The number of thiazole rings is 1. The fraction of sp³-hybridized carbons (Fsp3) is 0.261. The molecule has 1 atom stereocenters. The van der Waals surface area contributed by atoms with E-state index in [1.54, 1.807) is 36.2 Å². The molecule has 0 bridgehead atoms. The van der Waals surface area contributed by atoms with Crippen molar-refractivity contribution in [3.8, 4) is 0 Å². The highest BCUT2D eigenvalue weighted by Gasteiger charge is 2.35. The van der Waals surface area contributed by atoms with Gasteiger partial charge in [0.2, 0.25) is 5.78 Å². The molecule has 1 aromatic heterocycles. The summed E-state index contributed by atoms with van der Waals surface area (Å²) in [5, 5.41) is 12.9. The lowest BCUT2D eigenvalue weighted by Crippen LogP contribution is -2.47. The van der Waals surface area contributed by atoms with Crippen LogP contribution in [0.3, 0.4) is 0 Å². The van der Waals surface area contributed by atoms with Gasteiger partial charge in [0.25, 0.3) is 0 Å². The lowest BCUT2D eigenvalue weighted by Gasteiger charge is -2.36. The topological polar surface area (TPSA) is 109 Å². The normalized spacial score (nSPS) is 12.3. The molecule has 3 aromatic rings. The van der Waals surface area contributed by atoms with Crippen molar-refractivity contribution in [3.05, 3.63) is 64.5 Å². The quantitative estimate of drug-likeness (QED) is 0.417. The number of benzene rings is 2. The summed E-state index contributed by atoms with van der Waals surface area (Å²) < 4.78 is 28.0. The monoisotopic (exact) mass is 474 g/mol. The summed E-state index contributed by atoms with van der Waals surface area (Å²) in [7, 11) is 1.72. The molecule has 0 radical (unpaired) electrons. The highest BCUT2D eigenvalue weighted by molar-refractivity contribution is 7.18. The number of rotatable bonds is 7. The Bertz CT molecular complexity index is 1170. The average molecular weight is 475 g/mol. The van der Waals surface area contributed by atoms with Crippen molar-refractivity contribution in [2.45, 2.75) is 26.8 Å². The Hall–Kier alpha value is -3.53. The molecule has 0 amide bonds. The van der Waals surface area contributed by atoms with Crippen LogP contribution in [-0.2, 0) is 4.79 Å². The van der Waals surface area contributed by atoms with E-state index < -0.39 is 40.4 Å². The number of nitrogen functional groups attached to an aromatic ring is 1. The first kappa shape index (κ1) is 24.1. The first-order valence-corrected chi connectivity index (χ1v) is 10.8. The average Bonchev–Trinajstić information content (AvgIpc) is 3.07. The molecule has 0 aliphatic rings. The lowest BCUT2D eigenvalue weighted by atomic mass is 9.85. The third-order valence-electron chi connectivity index (χ3n) is 5.02. The Morgan fingerprint density at radius 2 is 1.70 bits per heavy atom. The third-order valence-corrected chi connectivity index (χ3v) is 6.00. The van der Waals surface area contributed by atoms with Crippen molar-refractivity contribution in [3.63, 3.8) is 0 Å². The Morgan fingerprint density at radius 1 is 1.12 bits per heavy atom. The predicted octanol–water partition coefficient (Wildman–Crippen LogP) is 4.91. The maximum absolute atomic E-state index is 14.0. The van der Waals surface area contributed by atoms with Gasteiger partial charge in [-0.1, -0.05) is 38.2 Å². The van der Waals surface area contributed by atoms with Crippen LogP contribution in [0.2, 0.25) is 0 Å². The van der Waals surface area contributed by atoms with Crippen LogP contribution in [0.5, 0.6) is 0 Å². The van der Waals surface area contributed by atoms with Gasteiger partial charge in [0.05, 0.1) is 5.56 Å². The number of nitrogens with two attached hydrogens (primary N) is 1. The number of hydrogen-bond donors (Lipinski definition) is 3. The van der Waals surface area contributed by atoms with Gasteiger partial charge in [-0.15, -0.1) is 0 Å². The summed E-state index contributed by atoms with van der Waals surface area (Å²) in [6.45, 7) is 5.57. The summed E-state index contributed by atoms with van der Waals surface area (Å²) in [5.41, 5.74) is 5.97. The maximum Gasteiger partial charge on any atom is 0.326 e. The van der Waals surface area contributed by atoms with Crippen LogP contribution in [0, 0.1) is 17.0 Å². The van der Waals surface area contributed by atoms with Crippen LogP contribution in [0.15, 0.2) is 42.5 Å². The van der Waals surface area contributed by atoms with Gasteiger partial charge in [0.1, 0.15) is 28.4 Å². The molecule has 2 aromatic carbocycles. The van der Waals surface area contributed by atoms with Crippen molar-refractivity contribution in [1.82, 2.24) is 4.98 Å². The number of carbonyl (C=O) groups is 2. The zero-order valence-corrected chi connectivity index (χ0v) is 19.3. The van der Waals surface area contributed by atoms with Gasteiger partial charge in [0.15, 0.2) is 5.13 Å². The summed E-state index contributed by atoms with van der Waals surface area (Å²) in [6.07, 6.45) is 0. The van der Waals surface area contributed by atoms with Crippen LogP contribution in [0.25, 0.3) is 0 Å². The molecule has 7 nitrogen and oxygen atoms in total. The number of nitrogens with one attached hydrogen (secondary N) is 1. The summed E-state index contributed by atoms with van der Waals surface area (Å²) >= 11 is 0.879. The molecular formula is C23H24F2N4O3S. The zero-order valence-electron chi connectivity index (χ0n) is 18.5. The van der Waals surface area contributed by atoms with Crippen molar-refractivity contribution in [1.29, 1.82) is 0 Å². The largest absolute Gasteiger partial charge is 0.480 e. The van der Waals surface area contributed by atoms with E-state index >= 15 is 0 Å².